The maximum Gasteiger partial charge on any atom is 0.435 e. The van der Waals surface area contributed by atoms with Crippen molar-refractivity contribution in [3.63, 3.8) is 0 Å². The predicted molar refractivity (Wildman–Crippen MR) is 114 cm³/mol. The second-order valence-electron chi connectivity index (χ2n) is 8.30. The summed E-state index contributed by atoms with van der Waals surface area (Å²) >= 11 is 0. The van der Waals surface area contributed by atoms with Crippen molar-refractivity contribution in [1.29, 1.82) is 0 Å². The number of aryl methyl sites for hydroxylation is 1. The first-order valence-corrected chi connectivity index (χ1v) is 10.8. The van der Waals surface area contributed by atoms with Gasteiger partial charge in [-0.25, -0.2) is 4.98 Å². The van der Waals surface area contributed by atoms with E-state index in [2.05, 4.69) is 25.3 Å². The Bertz CT molecular complexity index is 1320. The van der Waals surface area contributed by atoms with Crippen LogP contribution in [-0.4, -0.2) is 51.7 Å². The number of alkyl halides is 3. The van der Waals surface area contributed by atoms with E-state index in [1.54, 1.807) is 0 Å². The number of pyridine rings is 1. The molecule has 0 bridgehead atoms. The average molecular weight is 442 g/mol. The lowest BCUT2D eigenvalue weighted by Gasteiger charge is -2.27. The molecular weight excluding hydrogens is 421 g/mol. The van der Waals surface area contributed by atoms with Crippen molar-refractivity contribution in [1.82, 2.24) is 25.4 Å². The largest absolute Gasteiger partial charge is 0.435 e. The third kappa shape index (κ3) is 2.96. The van der Waals surface area contributed by atoms with E-state index in [9.17, 15) is 13.2 Å². The van der Waals surface area contributed by atoms with E-state index in [1.165, 1.54) is 6.20 Å². The molecule has 1 fully saturated rings. The number of H-pyrrole nitrogens is 2. The third-order valence-electron chi connectivity index (χ3n) is 6.45. The summed E-state index contributed by atoms with van der Waals surface area (Å²) in [5.41, 5.74) is 3.01. The molecule has 0 unspecified atom stereocenters. The Hall–Kier alpha value is -3.14. The molecule has 10 heteroatoms. The number of fused-ring (bicyclic) bond motifs is 5. The Kier molecular flexibility index (Phi) is 4.39. The lowest BCUT2D eigenvalue weighted by atomic mass is 9.85. The van der Waals surface area contributed by atoms with Crippen LogP contribution in [0.4, 0.5) is 19.0 Å². The molecule has 0 atom stereocenters. The van der Waals surface area contributed by atoms with Crippen LogP contribution in [0.5, 0.6) is 0 Å². The summed E-state index contributed by atoms with van der Waals surface area (Å²) in [4.78, 5) is 6.97. The van der Waals surface area contributed by atoms with E-state index in [0.717, 1.165) is 65.6 Å². The Morgan fingerprint density at radius 2 is 1.75 bits per heavy atom. The maximum absolute atomic E-state index is 13.6. The molecule has 4 heterocycles. The van der Waals surface area contributed by atoms with Crippen molar-refractivity contribution < 1.29 is 17.9 Å². The van der Waals surface area contributed by atoms with Crippen molar-refractivity contribution in [2.24, 2.45) is 0 Å². The first kappa shape index (κ1) is 19.5. The van der Waals surface area contributed by atoms with Crippen LogP contribution in [-0.2, 0) is 23.8 Å². The smallest absolute Gasteiger partial charge is 0.378 e. The highest BCUT2D eigenvalue weighted by Gasteiger charge is 2.38. The first-order valence-electron chi connectivity index (χ1n) is 10.8. The summed E-state index contributed by atoms with van der Waals surface area (Å²) < 4.78 is 46.3. The lowest BCUT2D eigenvalue weighted by molar-refractivity contribution is -0.140. The van der Waals surface area contributed by atoms with Gasteiger partial charge < -0.3 is 9.64 Å². The summed E-state index contributed by atoms with van der Waals surface area (Å²) in [5, 5.41) is 15.6. The number of nitrogens with one attached hydrogen (secondary N) is 2. The van der Waals surface area contributed by atoms with E-state index in [0.29, 0.717) is 30.8 Å². The van der Waals surface area contributed by atoms with E-state index in [-0.39, 0.29) is 5.56 Å². The highest BCUT2D eigenvalue weighted by Crippen LogP contribution is 2.43. The molecule has 0 saturated carbocycles. The first-order chi connectivity index (χ1) is 15.5. The van der Waals surface area contributed by atoms with Crippen LogP contribution in [0.15, 0.2) is 18.3 Å². The number of nitrogens with zero attached hydrogens (tertiary/aromatic N) is 4. The number of ether oxygens (including phenoxy) is 1. The quantitative estimate of drug-likeness (QED) is 0.485. The molecule has 1 aliphatic carbocycles. The second kappa shape index (κ2) is 7.19. The van der Waals surface area contributed by atoms with Crippen molar-refractivity contribution in [2.45, 2.75) is 31.9 Å². The Balaban J connectivity index is 1.64. The zero-order valence-electron chi connectivity index (χ0n) is 17.2. The van der Waals surface area contributed by atoms with Gasteiger partial charge in [0.25, 0.3) is 0 Å². The van der Waals surface area contributed by atoms with Crippen molar-refractivity contribution in [3.05, 3.63) is 35.2 Å². The number of morpholine rings is 1. The number of anilines is 1. The van der Waals surface area contributed by atoms with Crippen LogP contribution in [0.2, 0.25) is 0 Å². The SMILES string of the molecule is FC(F)(F)c1n[nH]cc1-c1nc2ccc3[nH]nc(N4CCOCC4)c3c2c2c1CCCC2. The summed E-state index contributed by atoms with van der Waals surface area (Å²) in [5.74, 6) is 0.857. The van der Waals surface area contributed by atoms with Gasteiger partial charge in [0.1, 0.15) is 0 Å². The van der Waals surface area contributed by atoms with Crippen molar-refractivity contribution in [2.75, 3.05) is 31.2 Å². The fourth-order valence-corrected chi connectivity index (χ4v) is 5.03. The van der Waals surface area contributed by atoms with Gasteiger partial charge in [0.15, 0.2) is 11.5 Å². The molecule has 1 aromatic carbocycles. The van der Waals surface area contributed by atoms with Gasteiger partial charge in [-0.15, -0.1) is 0 Å². The molecule has 1 saturated heterocycles. The van der Waals surface area contributed by atoms with Gasteiger partial charge in [0.2, 0.25) is 0 Å². The minimum atomic E-state index is -4.55. The van der Waals surface area contributed by atoms with Gasteiger partial charge in [-0.1, -0.05) is 0 Å². The molecule has 0 spiro atoms. The minimum absolute atomic E-state index is 0.0123. The van der Waals surface area contributed by atoms with Gasteiger partial charge in [-0.3, -0.25) is 10.2 Å². The van der Waals surface area contributed by atoms with Crippen LogP contribution in [0.25, 0.3) is 33.1 Å². The van der Waals surface area contributed by atoms with E-state index in [1.807, 2.05) is 12.1 Å². The predicted octanol–water partition coefficient (Wildman–Crippen LogP) is 4.24. The van der Waals surface area contributed by atoms with Crippen LogP contribution >= 0.6 is 0 Å². The minimum Gasteiger partial charge on any atom is -0.378 e. The third-order valence-corrected chi connectivity index (χ3v) is 6.45. The fraction of sp³-hybridized carbons (Fsp3) is 0.409. The molecule has 1 aliphatic heterocycles. The van der Waals surface area contributed by atoms with Crippen LogP contribution < -0.4 is 4.90 Å². The standard InChI is InChI=1S/C22H21F3N6O/c23-22(24,25)20-14(11-26-29-20)19-13-4-2-1-3-12(13)17-15(27-19)5-6-16-18(17)21(30-28-16)31-7-9-32-10-8-31/h5-6,11H,1-4,7-10H2,(H,26,29)(H,28,30). The lowest BCUT2D eigenvalue weighted by Crippen LogP contribution is -2.36. The number of benzene rings is 1. The normalized spacial score (nSPS) is 17.3. The Morgan fingerprint density at radius 1 is 0.969 bits per heavy atom. The van der Waals surface area contributed by atoms with Gasteiger partial charge in [-0.2, -0.15) is 23.4 Å². The highest BCUT2D eigenvalue weighted by molar-refractivity contribution is 6.13. The van der Waals surface area contributed by atoms with Gasteiger partial charge >= 0.3 is 6.18 Å². The van der Waals surface area contributed by atoms with Crippen molar-refractivity contribution in [3.8, 4) is 11.3 Å². The average Bonchev–Trinajstić information content (AvgIpc) is 3.46. The van der Waals surface area contributed by atoms with Gasteiger partial charge in [0, 0.05) is 24.7 Å². The molecule has 7 nitrogen and oxygen atoms in total. The van der Waals surface area contributed by atoms with Crippen LogP contribution in [0.1, 0.15) is 29.7 Å². The zero-order chi connectivity index (χ0) is 21.9. The number of halogens is 3. The summed E-state index contributed by atoms with van der Waals surface area (Å²) in [6.07, 6.45) is 0.159. The molecule has 0 radical (unpaired) electrons. The number of hydrogen-bond acceptors (Lipinski definition) is 5. The molecule has 166 valence electrons. The molecule has 2 aliphatic rings. The van der Waals surface area contributed by atoms with E-state index in [4.69, 9.17) is 9.72 Å². The summed E-state index contributed by atoms with van der Waals surface area (Å²) in [6, 6.07) is 3.77. The van der Waals surface area contributed by atoms with Gasteiger partial charge in [-0.05, 0) is 48.9 Å². The summed E-state index contributed by atoms with van der Waals surface area (Å²) in [7, 11) is 0. The van der Waals surface area contributed by atoms with E-state index < -0.39 is 11.9 Å². The van der Waals surface area contributed by atoms with Crippen LogP contribution in [0, 0.1) is 0 Å². The number of rotatable bonds is 2. The molecule has 4 aromatic rings. The molecule has 0 amide bonds. The number of aromatic nitrogens is 5. The monoisotopic (exact) mass is 442 g/mol. The van der Waals surface area contributed by atoms with Crippen LogP contribution in [0.3, 0.4) is 0 Å². The second-order valence-corrected chi connectivity index (χ2v) is 8.30. The molecule has 2 N–H and O–H groups in total. The molecule has 6 rings (SSSR count). The Morgan fingerprint density at radius 3 is 2.53 bits per heavy atom. The molecular formula is C22H21F3N6O. The molecule has 3 aromatic heterocycles. The van der Waals surface area contributed by atoms with Crippen molar-refractivity contribution >= 4 is 27.6 Å². The number of aromatic amines is 2. The highest BCUT2D eigenvalue weighted by atomic mass is 19.4. The maximum atomic E-state index is 13.6. The molecule has 32 heavy (non-hydrogen) atoms. The Labute approximate surface area is 181 Å². The number of hydrogen-bond donors (Lipinski definition) is 2. The fourth-order valence-electron chi connectivity index (χ4n) is 5.03. The summed E-state index contributed by atoms with van der Waals surface area (Å²) in [6.45, 7) is 2.77. The van der Waals surface area contributed by atoms with Gasteiger partial charge in [0.05, 0.1) is 40.9 Å². The zero-order valence-corrected chi connectivity index (χ0v) is 17.2. The van der Waals surface area contributed by atoms with E-state index >= 15 is 0 Å². The topological polar surface area (TPSA) is 82.7 Å².